The number of ether oxygens (including phenoxy) is 4. The third-order valence-corrected chi connectivity index (χ3v) is 9.20. The first-order valence-electron chi connectivity index (χ1n) is 15.7. The monoisotopic (exact) mass is 748 g/mol. The zero-order valence-electron chi connectivity index (χ0n) is 27.4. The van der Waals surface area contributed by atoms with E-state index in [2.05, 4.69) is 19.9 Å². The molecule has 0 aliphatic carbocycles. The number of aliphatic hydroxyl groups excluding tert-OH is 4. The molecular formula is C27H41N8O15P. The fraction of sp³-hybridized carbons (Fsp3) is 0.667. The molecule has 5 heterocycles. The van der Waals surface area contributed by atoms with E-state index in [0.29, 0.717) is 6.54 Å². The van der Waals surface area contributed by atoms with Gasteiger partial charge in [0.25, 0.3) is 11.1 Å². The van der Waals surface area contributed by atoms with E-state index in [1.165, 1.54) is 28.6 Å². The number of hydrogen-bond acceptors (Lipinski definition) is 18. The minimum Gasteiger partial charge on any atom is -0.393 e. The lowest BCUT2D eigenvalue weighted by Crippen LogP contribution is -2.59. The van der Waals surface area contributed by atoms with Crippen LogP contribution in [-0.2, 0) is 32.6 Å². The van der Waals surface area contributed by atoms with Crippen molar-refractivity contribution >= 4 is 24.9 Å². The van der Waals surface area contributed by atoms with Crippen LogP contribution in [0.2, 0.25) is 0 Å². The zero-order valence-corrected chi connectivity index (χ0v) is 28.3. The molecule has 0 saturated carbocycles. The van der Waals surface area contributed by atoms with Crippen molar-refractivity contribution in [2.45, 2.75) is 43.3 Å². The van der Waals surface area contributed by atoms with Crippen molar-refractivity contribution < 1.29 is 57.9 Å². The topological polar surface area (TPSA) is 321 Å². The van der Waals surface area contributed by atoms with Crippen LogP contribution in [0.25, 0.3) is 11.2 Å². The molecule has 6 atom stereocenters. The first-order valence-corrected chi connectivity index (χ1v) is 17.2. The van der Waals surface area contributed by atoms with Gasteiger partial charge in [-0.1, -0.05) is 0 Å². The van der Waals surface area contributed by atoms with Crippen LogP contribution in [0.3, 0.4) is 0 Å². The summed E-state index contributed by atoms with van der Waals surface area (Å²) in [6.07, 6.45) is -3.98. The Morgan fingerprint density at radius 3 is 2.45 bits per heavy atom. The Morgan fingerprint density at radius 1 is 1.02 bits per heavy atom. The number of nitrogens with two attached hydrogens (primary N) is 1. The maximum atomic E-state index is 12.4. The normalized spacial score (nSPS) is 25.0. The number of aliphatic hydroxyl groups is 4. The van der Waals surface area contributed by atoms with Gasteiger partial charge in [-0.2, -0.15) is 4.98 Å². The highest BCUT2D eigenvalue weighted by molar-refractivity contribution is 7.47. The number of aryl methyl sites for hydroxylation is 1. The molecule has 0 radical (unpaired) electrons. The smallest absolute Gasteiger partial charge is 0.393 e. The van der Waals surface area contributed by atoms with Gasteiger partial charge in [0.1, 0.15) is 23.9 Å². The average molecular weight is 749 g/mol. The number of H-pyrrole nitrogens is 2. The first-order chi connectivity index (χ1) is 24.3. The fourth-order valence-corrected chi connectivity index (χ4v) is 6.27. The number of nitrogen functional groups attached to an aromatic ring is 1. The Labute approximate surface area is 287 Å². The number of morpholine rings is 1. The van der Waals surface area contributed by atoms with Gasteiger partial charge in [0.15, 0.2) is 23.6 Å². The molecule has 3 aromatic rings. The molecule has 0 spiro atoms. The molecule has 23 nitrogen and oxygen atoms in total. The van der Waals surface area contributed by atoms with E-state index in [4.69, 9.17) is 33.7 Å². The molecule has 5 rings (SSSR count). The minimum atomic E-state index is -4.63. The van der Waals surface area contributed by atoms with Crippen LogP contribution in [0, 0.1) is 6.92 Å². The van der Waals surface area contributed by atoms with Gasteiger partial charge < -0.3 is 50.0 Å². The summed E-state index contributed by atoms with van der Waals surface area (Å²) in [4.78, 5) is 60.6. The van der Waals surface area contributed by atoms with Crippen molar-refractivity contribution in [2.75, 3.05) is 78.2 Å². The molecule has 51 heavy (non-hydrogen) atoms. The van der Waals surface area contributed by atoms with Gasteiger partial charge in [0.05, 0.1) is 59.2 Å². The summed E-state index contributed by atoms with van der Waals surface area (Å²) in [5, 5.41) is 40.9. The number of imidazole rings is 1. The Bertz CT molecular complexity index is 1860. The molecule has 3 aromatic heterocycles. The Kier molecular flexibility index (Phi) is 12.6. The van der Waals surface area contributed by atoms with Crippen molar-refractivity contribution in [1.82, 2.24) is 34.0 Å². The van der Waals surface area contributed by atoms with Crippen molar-refractivity contribution in [1.29, 1.82) is 0 Å². The van der Waals surface area contributed by atoms with Gasteiger partial charge in [-0.3, -0.25) is 42.6 Å². The zero-order chi connectivity index (χ0) is 36.9. The molecule has 24 heteroatoms. The number of fused-ring (bicyclic) bond motifs is 1. The number of aromatic amines is 2. The van der Waals surface area contributed by atoms with Crippen LogP contribution in [0.4, 0.5) is 5.95 Å². The summed E-state index contributed by atoms with van der Waals surface area (Å²) < 4.78 is 47.1. The maximum absolute atomic E-state index is 12.4. The van der Waals surface area contributed by atoms with Crippen LogP contribution < -0.4 is 22.5 Å². The number of nitrogens with zero attached hydrogens (tertiary/aromatic N) is 5. The van der Waals surface area contributed by atoms with Gasteiger partial charge in [0.2, 0.25) is 5.95 Å². The van der Waals surface area contributed by atoms with Gasteiger partial charge in [-0.15, -0.1) is 0 Å². The highest BCUT2D eigenvalue weighted by atomic mass is 31.2. The number of phosphoric ester groups is 1. The van der Waals surface area contributed by atoms with Crippen molar-refractivity contribution in [3.05, 3.63) is 49.3 Å². The first kappa shape index (κ1) is 38.8. The molecule has 2 aliphatic heterocycles. The van der Waals surface area contributed by atoms with E-state index < -0.39 is 80.8 Å². The van der Waals surface area contributed by atoms with E-state index in [1.54, 1.807) is 0 Å². The summed E-state index contributed by atoms with van der Waals surface area (Å²) in [5.41, 5.74) is 2.60. The van der Waals surface area contributed by atoms with Gasteiger partial charge in [0, 0.05) is 31.4 Å². The van der Waals surface area contributed by atoms with E-state index in [9.17, 15) is 44.3 Å². The predicted molar refractivity (Wildman–Crippen MR) is 171 cm³/mol. The molecule has 1 unspecified atom stereocenters. The lowest BCUT2D eigenvalue weighted by molar-refractivity contribution is -0.215. The van der Waals surface area contributed by atoms with Crippen LogP contribution >= 0.6 is 7.82 Å². The maximum Gasteiger partial charge on any atom is 0.472 e. The highest BCUT2D eigenvalue weighted by Gasteiger charge is 2.45. The SMILES string of the molecule is Cc1cn([C@H]2CN(CCOCCOCCOP(=O)(O)OC[C@H]3O[C@@H](n4cnc5c(=O)[nH]c(N)nc54)[C@H](O)[C@@H]3O)CC(CO)(CO)O2)c(=O)[nH]c1=O. The van der Waals surface area contributed by atoms with E-state index in [0.717, 1.165) is 0 Å². The number of rotatable bonds is 17. The third-order valence-electron chi connectivity index (χ3n) is 8.21. The molecule has 9 N–H and O–H groups in total. The number of nitrogens with one attached hydrogen (secondary N) is 2. The second kappa shape index (κ2) is 16.5. The van der Waals surface area contributed by atoms with Gasteiger partial charge >= 0.3 is 13.5 Å². The molecule has 2 fully saturated rings. The standard InChI is InChI=1S/C27H41N8O15P/c1-15-8-34(26(42)32-22(15)40)17-9-33(11-27(12-36,13-37)50-17)2-3-45-4-5-46-6-7-47-51(43,44)48-10-16-19(38)20(39)24(49-16)35-14-29-18-21(35)30-25(28)31-23(18)41/h8,14,16-17,19-20,24,36-39H,2-7,9-13H2,1H3,(H,43,44)(H,32,40,42)(H3,28,30,31,41)/t16-,17-,19-,20-,24-/m1/s1. The Morgan fingerprint density at radius 2 is 1.73 bits per heavy atom. The molecule has 284 valence electrons. The predicted octanol–water partition coefficient (Wildman–Crippen LogP) is -4.10. The van der Waals surface area contributed by atoms with Gasteiger partial charge in [-0.05, 0) is 6.92 Å². The quantitative estimate of drug-likeness (QED) is 0.0480. The Hall–Kier alpha value is -3.42. The lowest BCUT2D eigenvalue weighted by Gasteiger charge is -2.44. The summed E-state index contributed by atoms with van der Waals surface area (Å²) in [7, 11) is -4.63. The van der Waals surface area contributed by atoms with E-state index >= 15 is 0 Å². The highest BCUT2D eigenvalue weighted by Crippen LogP contribution is 2.44. The van der Waals surface area contributed by atoms with Crippen LogP contribution in [0.1, 0.15) is 18.0 Å². The van der Waals surface area contributed by atoms with Crippen molar-refractivity contribution in [3.8, 4) is 0 Å². The summed E-state index contributed by atoms with van der Waals surface area (Å²) in [6, 6.07) is 0. The summed E-state index contributed by atoms with van der Waals surface area (Å²) >= 11 is 0. The number of hydrogen-bond donors (Lipinski definition) is 8. The molecule has 0 bridgehead atoms. The average Bonchev–Trinajstić information content (AvgIpc) is 3.64. The minimum absolute atomic E-state index is 0.00801. The lowest BCUT2D eigenvalue weighted by atomic mass is 10.0. The van der Waals surface area contributed by atoms with Crippen molar-refractivity contribution in [3.63, 3.8) is 0 Å². The van der Waals surface area contributed by atoms with Crippen LogP contribution in [0.5, 0.6) is 0 Å². The van der Waals surface area contributed by atoms with Gasteiger partial charge in [-0.25, -0.2) is 14.3 Å². The van der Waals surface area contributed by atoms with Crippen LogP contribution in [-0.4, -0.2) is 156 Å². The second-order valence-corrected chi connectivity index (χ2v) is 13.4. The molecule has 0 aromatic carbocycles. The Balaban J connectivity index is 0.994. The number of aromatic nitrogens is 6. The fourth-order valence-electron chi connectivity index (χ4n) is 5.55. The molecule has 2 aliphatic rings. The summed E-state index contributed by atoms with van der Waals surface area (Å²) in [5.74, 6) is -0.203. The van der Waals surface area contributed by atoms with E-state index in [1.807, 2.05) is 4.90 Å². The van der Waals surface area contributed by atoms with Crippen LogP contribution in [0.15, 0.2) is 26.9 Å². The largest absolute Gasteiger partial charge is 0.472 e. The molecule has 2 saturated heterocycles. The van der Waals surface area contributed by atoms with E-state index in [-0.39, 0.29) is 68.8 Å². The molecular weight excluding hydrogens is 707 g/mol. The number of anilines is 1. The molecule has 0 amide bonds. The third kappa shape index (κ3) is 9.15. The summed E-state index contributed by atoms with van der Waals surface area (Å²) in [6.45, 7) is 0.593. The van der Waals surface area contributed by atoms with Crippen molar-refractivity contribution in [2.24, 2.45) is 0 Å². The second-order valence-electron chi connectivity index (χ2n) is 11.9. The number of phosphoric acid groups is 1.